The number of anilines is 1. The quantitative estimate of drug-likeness (QED) is 0.312. The summed E-state index contributed by atoms with van der Waals surface area (Å²) < 4.78 is 19.1. The lowest BCUT2D eigenvalue weighted by molar-refractivity contribution is -0.112. The maximum absolute atomic E-state index is 13.9. The number of nitriles is 1. The molecule has 7 heteroatoms. The number of esters is 1. The van der Waals surface area contributed by atoms with Crippen LogP contribution in [0.1, 0.15) is 28.4 Å². The first-order valence-electron chi connectivity index (χ1n) is 9.48. The van der Waals surface area contributed by atoms with Crippen LogP contribution >= 0.6 is 11.3 Å². The number of thiophene rings is 1. The van der Waals surface area contributed by atoms with Crippen molar-refractivity contribution < 1.29 is 18.7 Å². The van der Waals surface area contributed by atoms with Gasteiger partial charge >= 0.3 is 5.97 Å². The van der Waals surface area contributed by atoms with Gasteiger partial charge in [0.2, 0.25) is 0 Å². The molecule has 3 aromatic rings. The number of ether oxygens (including phenoxy) is 1. The van der Waals surface area contributed by atoms with Gasteiger partial charge in [-0.15, -0.1) is 11.3 Å². The predicted octanol–water partition coefficient (Wildman–Crippen LogP) is 5.59. The Labute approximate surface area is 183 Å². The van der Waals surface area contributed by atoms with Gasteiger partial charge in [0.1, 0.15) is 28.0 Å². The van der Waals surface area contributed by atoms with Crippen molar-refractivity contribution in [2.75, 3.05) is 11.9 Å². The minimum absolute atomic E-state index is 0.117. The Morgan fingerprint density at radius 3 is 2.55 bits per heavy atom. The van der Waals surface area contributed by atoms with Crippen LogP contribution in [0.4, 0.5) is 9.39 Å². The summed E-state index contributed by atoms with van der Waals surface area (Å²) in [5.41, 5.74) is 2.54. The predicted molar refractivity (Wildman–Crippen MR) is 119 cm³/mol. The molecule has 156 valence electrons. The number of aryl methyl sites for hydroxylation is 1. The zero-order valence-corrected chi connectivity index (χ0v) is 17.8. The van der Waals surface area contributed by atoms with E-state index >= 15 is 0 Å². The summed E-state index contributed by atoms with van der Waals surface area (Å²) in [5, 5.41) is 14.0. The average Bonchev–Trinajstić information content (AvgIpc) is 3.17. The van der Waals surface area contributed by atoms with Crippen molar-refractivity contribution in [3.05, 3.63) is 82.0 Å². The van der Waals surface area contributed by atoms with E-state index in [9.17, 15) is 19.2 Å². The van der Waals surface area contributed by atoms with Gasteiger partial charge in [0.25, 0.3) is 5.91 Å². The largest absolute Gasteiger partial charge is 0.462 e. The van der Waals surface area contributed by atoms with Gasteiger partial charge in [-0.2, -0.15) is 5.26 Å². The second-order valence-corrected chi connectivity index (χ2v) is 7.47. The third kappa shape index (κ3) is 5.05. The van der Waals surface area contributed by atoms with E-state index in [1.807, 2.05) is 31.2 Å². The normalized spacial score (nSPS) is 11.0. The van der Waals surface area contributed by atoms with Gasteiger partial charge in [0.05, 0.1) is 6.61 Å². The molecule has 0 fully saturated rings. The fourth-order valence-electron chi connectivity index (χ4n) is 2.87. The topological polar surface area (TPSA) is 79.2 Å². The number of amides is 1. The highest BCUT2D eigenvalue weighted by Gasteiger charge is 2.23. The summed E-state index contributed by atoms with van der Waals surface area (Å²) in [5.74, 6) is -1.87. The average molecular weight is 434 g/mol. The number of nitrogens with zero attached hydrogens (tertiary/aromatic N) is 1. The Hall–Kier alpha value is -3.76. The summed E-state index contributed by atoms with van der Waals surface area (Å²) in [6.07, 6.45) is 1.17. The third-order valence-electron chi connectivity index (χ3n) is 4.43. The molecule has 0 saturated heterocycles. The van der Waals surface area contributed by atoms with Crippen molar-refractivity contribution in [3.8, 4) is 17.2 Å². The SMILES string of the molecule is CCOC(=O)c1c(-c2ccc(C)cc2)csc1NC(=O)C(C#N)=Cc1ccccc1F. The molecular weight excluding hydrogens is 415 g/mol. The number of carbonyl (C=O) groups excluding carboxylic acids is 2. The van der Waals surface area contributed by atoms with Crippen molar-refractivity contribution in [1.82, 2.24) is 0 Å². The molecule has 0 atom stereocenters. The van der Waals surface area contributed by atoms with Crippen LogP contribution in [0.15, 0.2) is 59.5 Å². The van der Waals surface area contributed by atoms with Gasteiger partial charge in [-0.05, 0) is 31.6 Å². The minimum atomic E-state index is -0.742. The van der Waals surface area contributed by atoms with E-state index in [1.54, 1.807) is 24.4 Å². The van der Waals surface area contributed by atoms with E-state index in [1.165, 1.54) is 24.3 Å². The first-order valence-corrected chi connectivity index (χ1v) is 10.4. The summed E-state index contributed by atoms with van der Waals surface area (Å²) in [6.45, 7) is 3.83. The van der Waals surface area contributed by atoms with Gasteiger partial charge in [-0.1, -0.05) is 48.0 Å². The first kappa shape index (κ1) is 21.9. The molecule has 3 rings (SSSR count). The molecule has 0 aliphatic carbocycles. The number of hydrogen-bond donors (Lipinski definition) is 1. The zero-order valence-electron chi connectivity index (χ0n) is 16.9. The Bertz CT molecular complexity index is 1190. The van der Waals surface area contributed by atoms with Crippen molar-refractivity contribution in [2.45, 2.75) is 13.8 Å². The molecule has 5 nitrogen and oxygen atoms in total. The molecule has 0 bridgehead atoms. The van der Waals surface area contributed by atoms with E-state index in [0.29, 0.717) is 5.56 Å². The van der Waals surface area contributed by atoms with Crippen LogP contribution in [-0.4, -0.2) is 18.5 Å². The number of carbonyl (C=O) groups is 2. The standard InChI is InChI=1S/C24H19FN2O3S/c1-3-30-24(29)21-19(16-10-8-15(2)9-11-16)14-31-23(21)27-22(28)18(13-26)12-17-6-4-5-7-20(17)25/h4-12,14H,3H2,1-2H3,(H,27,28). The number of rotatable bonds is 6. The molecule has 1 N–H and O–H groups in total. The number of benzene rings is 2. The van der Waals surface area contributed by atoms with Crippen molar-refractivity contribution >= 4 is 34.3 Å². The molecule has 1 amide bonds. The maximum atomic E-state index is 13.9. The molecule has 0 unspecified atom stereocenters. The Morgan fingerprint density at radius 1 is 1.19 bits per heavy atom. The molecule has 0 aliphatic rings. The lowest BCUT2D eigenvalue weighted by Crippen LogP contribution is -2.16. The van der Waals surface area contributed by atoms with Crippen LogP contribution in [0.3, 0.4) is 0 Å². The molecule has 1 heterocycles. The van der Waals surface area contributed by atoms with E-state index in [0.717, 1.165) is 22.5 Å². The Balaban J connectivity index is 1.97. The first-order chi connectivity index (χ1) is 14.9. The van der Waals surface area contributed by atoms with E-state index in [-0.39, 0.29) is 28.3 Å². The Morgan fingerprint density at radius 2 is 1.90 bits per heavy atom. The van der Waals surface area contributed by atoms with E-state index in [2.05, 4.69) is 5.32 Å². The van der Waals surface area contributed by atoms with Crippen molar-refractivity contribution in [3.63, 3.8) is 0 Å². The van der Waals surface area contributed by atoms with Gasteiger partial charge in [0, 0.05) is 16.5 Å². The van der Waals surface area contributed by atoms with E-state index < -0.39 is 17.7 Å². The monoisotopic (exact) mass is 434 g/mol. The lowest BCUT2D eigenvalue weighted by Gasteiger charge is -2.09. The third-order valence-corrected chi connectivity index (χ3v) is 5.33. The van der Waals surface area contributed by atoms with Crippen LogP contribution in [0, 0.1) is 24.1 Å². The summed E-state index contributed by atoms with van der Waals surface area (Å²) in [7, 11) is 0. The molecule has 2 aromatic carbocycles. The van der Waals surface area contributed by atoms with Crippen molar-refractivity contribution in [1.29, 1.82) is 5.26 Å². The highest BCUT2D eigenvalue weighted by Crippen LogP contribution is 2.36. The number of nitrogens with one attached hydrogen (secondary N) is 1. The number of halogens is 1. The summed E-state index contributed by atoms with van der Waals surface area (Å²) in [4.78, 5) is 25.4. The number of hydrogen-bond acceptors (Lipinski definition) is 5. The lowest BCUT2D eigenvalue weighted by atomic mass is 10.0. The van der Waals surface area contributed by atoms with Crippen molar-refractivity contribution in [2.24, 2.45) is 0 Å². The highest BCUT2D eigenvalue weighted by molar-refractivity contribution is 7.15. The molecule has 1 aromatic heterocycles. The molecule has 31 heavy (non-hydrogen) atoms. The minimum Gasteiger partial charge on any atom is -0.462 e. The Kier molecular flexibility index (Phi) is 6.96. The van der Waals surface area contributed by atoms with Crippen LogP contribution in [0.2, 0.25) is 0 Å². The van der Waals surface area contributed by atoms with Gasteiger partial charge < -0.3 is 10.1 Å². The maximum Gasteiger partial charge on any atom is 0.341 e. The second kappa shape index (κ2) is 9.83. The highest BCUT2D eigenvalue weighted by atomic mass is 32.1. The van der Waals surface area contributed by atoms with Crippen LogP contribution in [0.5, 0.6) is 0 Å². The van der Waals surface area contributed by atoms with Gasteiger partial charge in [-0.3, -0.25) is 4.79 Å². The molecule has 0 saturated carbocycles. The summed E-state index contributed by atoms with van der Waals surface area (Å²) >= 11 is 1.15. The molecule has 0 aliphatic heterocycles. The van der Waals surface area contributed by atoms with E-state index in [4.69, 9.17) is 4.74 Å². The van der Waals surface area contributed by atoms with Crippen LogP contribution in [0.25, 0.3) is 17.2 Å². The second-order valence-electron chi connectivity index (χ2n) is 6.59. The van der Waals surface area contributed by atoms with Crippen LogP contribution in [-0.2, 0) is 9.53 Å². The molecule has 0 spiro atoms. The fraction of sp³-hybridized carbons (Fsp3) is 0.125. The zero-order chi connectivity index (χ0) is 22.4. The molecule has 0 radical (unpaired) electrons. The summed E-state index contributed by atoms with van der Waals surface area (Å²) in [6, 6.07) is 15.2. The van der Waals surface area contributed by atoms with Gasteiger partial charge in [-0.25, -0.2) is 9.18 Å². The van der Waals surface area contributed by atoms with Crippen LogP contribution < -0.4 is 5.32 Å². The molecular formula is C24H19FN2O3S. The fourth-order valence-corrected chi connectivity index (χ4v) is 3.82. The smallest absolute Gasteiger partial charge is 0.341 e. The van der Waals surface area contributed by atoms with Gasteiger partial charge in [0.15, 0.2) is 0 Å².